The first kappa shape index (κ1) is 13.4. The van der Waals surface area contributed by atoms with Gasteiger partial charge in [0.05, 0.1) is 0 Å². The highest BCUT2D eigenvalue weighted by Crippen LogP contribution is 2.17. The molecule has 0 aliphatic carbocycles. The third kappa shape index (κ3) is 4.38. The molecular weight excluding hydrogens is 280 g/mol. The van der Waals surface area contributed by atoms with Crippen LogP contribution in [-0.4, -0.2) is 37.2 Å². The number of halogens is 1. The summed E-state index contributed by atoms with van der Waals surface area (Å²) in [6.45, 7) is 5.74. The first-order chi connectivity index (χ1) is 6.92. The van der Waals surface area contributed by atoms with Gasteiger partial charge in [0.15, 0.2) is 0 Å². The largest absolute Gasteiger partial charge is 0.279 e. The minimum absolute atomic E-state index is 0.162. The molecule has 1 saturated heterocycles. The zero-order valence-corrected chi connectivity index (χ0v) is 11.6. The lowest BCUT2D eigenvalue weighted by atomic mass is 10.0. The zero-order valence-electron chi connectivity index (χ0n) is 9.24. The summed E-state index contributed by atoms with van der Waals surface area (Å²) in [4.78, 5) is 0.162. The summed E-state index contributed by atoms with van der Waals surface area (Å²) >= 11 is 3.32. The van der Waals surface area contributed by atoms with Crippen molar-refractivity contribution in [2.24, 2.45) is 5.92 Å². The molecule has 0 saturated carbocycles. The van der Waals surface area contributed by atoms with E-state index in [0.29, 0.717) is 25.6 Å². The molecule has 4 nitrogen and oxygen atoms in total. The Bertz CT molecular complexity index is 292. The Hall–Kier alpha value is 0.350. The van der Waals surface area contributed by atoms with Crippen molar-refractivity contribution in [3.8, 4) is 0 Å². The minimum Gasteiger partial charge on any atom is -0.201 e. The minimum atomic E-state index is -3.26. The van der Waals surface area contributed by atoms with Crippen LogP contribution in [-0.2, 0) is 10.2 Å². The van der Waals surface area contributed by atoms with Crippen LogP contribution in [0.15, 0.2) is 0 Å². The fourth-order valence-electron chi connectivity index (χ4n) is 1.68. The molecule has 90 valence electrons. The van der Waals surface area contributed by atoms with E-state index in [4.69, 9.17) is 0 Å². The fourth-order valence-corrected chi connectivity index (χ4v) is 3.52. The van der Waals surface area contributed by atoms with Gasteiger partial charge in [-0.05, 0) is 18.8 Å². The smallest absolute Gasteiger partial charge is 0.201 e. The van der Waals surface area contributed by atoms with E-state index in [-0.39, 0.29) is 4.83 Å². The lowest BCUT2D eigenvalue weighted by Crippen LogP contribution is -2.46. The SMILES string of the molecule is CC(Br)CNS(=O)(=O)N1CCCC(C)C1. The monoisotopic (exact) mass is 298 g/mol. The van der Waals surface area contributed by atoms with Crippen molar-refractivity contribution in [3.05, 3.63) is 0 Å². The lowest BCUT2D eigenvalue weighted by molar-refractivity contribution is 0.278. The van der Waals surface area contributed by atoms with E-state index < -0.39 is 10.2 Å². The molecule has 0 spiro atoms. The molecule has 0 radical (unpaired) electrons. The summed E-state index contributed by atoms with van der Waals surface area (Å²) in [6, 6.07) is 0. The summed E-state index contributed by atoms with van der Waals surface area (Å²) in [6.07, 6.45) is 2.09. The average Bonchev–Trinajstić information content (AvgIpc) is 2.15. The summed E-state index contributed by atoms with van der Waals surface area (Å²) in [5.74, 6) is 0.469. The maximum absolute atomic E-state index is 11.8. The fraction of sp³-hybridized carbons (Fsp3) is 1.00. The Labute approximate surface area is 101 Å². The van der Waals surface area contributed by atoms with Gasteiger partial charge in [-0.25, -0.2) is 4.72 Å². The highest BCUT2D eigenvalue weighted by molar-refractivity contribution is 9.09. The van der Waals surface area contributed by atoms with Gasteiger partial charge < -0.3 is 0 Å². The van der Waals surface area contributed by atoms with Crippen LogP contribution in [0.25, 0.3) is 0 Å². The van der Waals surface area contributed by atoms with Crippen molar-refractivity contribution in [3.63, 3.8) is 0 Å². The molecular formula is C9H19BrN2O2S. The first-order valence-electron chi connectivity index (χ1n) is 5.30. The van der Waals surface area contributed by atoms with Gasteiger partial charge in [-0.3, -0.25) is 0 Å². The van der Waals surface area contributed by atoms with E-state index in [0.717, 1.165) is 12.8 Å². The van der Waals surface area contributed by atoms with Crippen molar-refractivity contribution in [1.82, 2.24) is 9.03 Å². The summed E-state index contributed by atoms with van der Waals surface area (Å²) in [5, 5.41) is 0. The molecule has 1 heterocycles. The first-order valence-corrected chi connectivity index (χ1v) is 7.66. The third-order valence-electron chi connectivity index (χ3n) is 2.51. The number of hydrogen-bond acceptors (Lipinski definition) is 2. The zero-order chi connectivity index (χ0) is 11.5. The van der Waals surface area contributed by atoms with Gasteiger partial charge in [-0.15, -0.1) is 0 Å². The number of rotatable bonds is 4. The van der Waals surface area contributed by atoms with Crippen LogP contribution in [0, 0.1) is 5.92 Å². The molecule has 15 heavy (non-hydrogen) atoms. The Kier molecular flexibility index (Phi) is 5.02. The predicted molar refractivity (Wildman–Crippen MR) is 65.3 cm³/mol. The van der Waals surface area contributed by atoms with Gasteiger partial charge >= 0.3 is 0 Å². The summed E-state index contributed by atoms with van der Waals surface area (Å²) < 4.78 is 27.8. The van der Waals surface area contributed by atoms with E-state index in [1.54, 1.807) is 4.31 Å². The second-order valence-corrected chi connectivity index (χ2v) is 7.56. The Morgan fingerprint density at radius 2 is 2.27 bits per heavy atom. The third-order valence-corrected chi connectivity index (χ3v) is 4.37. The highest BCUT2D eigenvalue weighted by Gasteiger charge is 2.26. The van der Waals surface area contributed by atoms with Crippen molar-refractivity contribution in [1.29, 1.82) is 0 Å². The van der Waals surface area contributed by atoms with Crippen molar-refractivity contribution < 1.29 is 8.42 Å². The van der Waals surface area contributed by atoms with Crippen molar-refractivity contribution in [2.45, 2.75) is 31.5 Å². The van der Waals surface area contributed by atoms with Gasteiger partial charge in [0.2, 0.25) is 0 Å². The molecule has 1 N–H and O–H groups in total. The van der Waals surface area contributed by atoms with Crippen molar-refractivity contribution in [2.75, 3.05) is 19.6 Å². The molecule has 0 amide bonds. The molecule has 1 aliphatic rings. The van der Waals surface area contributed by atoms with Gasteiger partial charge in [-0.2, -0.15) is 12.7 Å². The Morgan fingerprint density at radius 1 is 1.60 bits per heavy atom. The highest BCUT2D eigenvalue weighted by atomic mass is 79.9. The lowest BCUT2D eigenvalue weighted by Gasteiger charge is -2.30. The maximum atomic E-state index is 11.8. The second kappa shape index (κ2) is 5.61. The van der Waals surface area contributed by atoms with E-state index >= 15 is 0 Å². The van der Waals surface area contributed by atoms with Crippen LogP contribution in [0.2, 0.25) is 0 Å². The molecule has 1 fully saturated rings. The molecule has 6 heteroatoms. The van der Waals surface area contributed by atoms with E-state index in [1.807, 2.05) is 6.92 Å². The molecule has 0 bridgehead atoms. The van der Waals surface area contributed by atoms with Crippen LogP contribution in [0.4, 0.5) is 0 Å². The van der Waals surface area contributed by atoms with Crippen LogP contribution in [0.3, 0.4) is 0 Å². The molecule has 2 atom stereocenters. The topological polar surface area (TPSA) is 49.4 Å². The van der Waals surface area contributed by atoms with Crippen LogP contribution >= 0.6 is 15.9 Å². The Balaban J connectivity index is 2.52. The van der Waals surface area contributed by atoms with Gasteiger partial charge in [0.25, 0.3) is 10.2 Å². The summed E-state index contributed by atoms with van der Waals surface area (Å²) in [7, 11) is -3.26. The van der Waals surface area contributed by atoms with Crippen LogP contribution in [0.5, 0.6) is 0 Å². The van der Waals surface area contributed by atoms with E-state index in [1.165, 1.54) is 0 Å². The molecule has 0 aromatic carbocycles. The van der Waals surface area contributed by atoms with Gasteiger partial charge in [0, 0.05) is 24.5 Å². The number of nitrogens with one attached hydrogen (secondary N) is 1. The standard InChI is InChI=1S/C9H19BrN2O2S/c1-8-4-3-5-12(7-8)15(13,14)11-6-9(2)10/h8-9,11H,3-7H2,1-2H3. The van der Waals surface area contributed by atoms with Gasteiger partial charge in [-0.1, -0.05) is 29.8 Å². The molecule has 0 aromatic heterocycles. The predicted octanol–water partition coefficient (Wildman–Crippen LogP) is 1.34. The normalized spacial score (nSPS) is 26.5. The van der Waals surface area contributed by atoms with Gasteiger partial charge in [0.1, 0.15) is 0 Å². The number of alkyl halides is 1. The van der Waals surface area contributed by atoms with Crippen LogP contribution in [0.1, 0.15) is 26.7 Å². The van der Waals surface area contributed by atoms with Crippen molar-refractivity contribution >= 4 is 26.1 Å². The van der Waals surface area contributed by atoms with E-state index in [2.05, 4.69) is 27.6 Å². The quantitative estimate of drug-likeness (QED) is 0.796. The molecule has 0 aromatic rings. The maximum Gasteiger partial charge on any atom is 0.279 e. The molecule has 1 aliphatic heterocycles. The number of hydrogen-bond donors (Lipinski definition) is 1. The molecule has 1 rings (SSSR count). The number of nitrogens with zero attached hydrogens (tertiary/aromatic N) is 1. The van der Waals surface area contributed by atoms with E-state index in [9.17, 15) is 8.42 Å². The average molecular weight is 299 g/mol. The summed E-state index contributed by atoms with van der Waals surface area (Å²) in [5.41, 5.74) is 0. The van der Waals surface area contributed by atoms with Crippen LogP contribution < -0.4 is 4.72 Å². The number of piperidine rings is 1. The Morgan fingerprint density at radius 3 is 2.80 bits per heavy atom. The second-order valence-electron chi connectivity index (χ2n) is 4.24. The molecule has 2 unspecified atom stereocenters.